The molecule has 0 fully saturated rings. The number of hydrogen-bond acceptors (Lipinski definition) is 3. The molecule has 0 atom stereocenters. The van der Waals surface area contributed by atoms with Crippen molar-refractivity contribution in [3.63, 3.8) is 0 Å². The Labute approximate surface area is 127 Å². The first-order chi connectivity index (χ1) is 9.40. The standard InChI is InChI=1S/C13H10BrClN2O3/c1-7(15)6-17-12(19)10(11(18)16-13(17)20)8-3-2-4-9(14)5-8/h2-5,19H,1,6H2,(H,16,18,20). The number of benzene rings is 1. The fraction of sp³-hybridized carbons (Fsp3) is 0.0769. The summed E-state index contributed by atoms with van der Waals surface area (Å²) in [5.74, 6) is -0.446. The van der Waals surface area contributed by atoms with Crippen LogP contribution in [0.1, 0.15) is 0 Å². The van der Waals surface area contributed by atoms with Crippen molar-refractivity contribution < 1.29 is 5.11 Å². The quantitative estimate of drug-likeness (QED) is 0.886. The summed E-state index contributed by atoms with van der Waals surface area (Å²) in [6.45, 7) is 3.37. The van der Waals surface area contributed by atoms with Crippen LogP contribution in [0.15, 0.2) is 49.9 Å². The molecule has 0 amide bonds. The fourth-order valence-corrected chi connectivity index (χ4v) is 2.30. The highest BCUT2D eigenvalue weighted by atomic mass is 79.9. The largest absolute Gasteiger partial charge is 0.494 e. The third-order valence-corrected chi connectivity index (χ3v) is 3.23. The molecule has 0 unspecified atom stereocenters. The zero-order chi connectivity index (χ0) is 14.9. The Bertz CT molecular complexity index is 795. The topological polar surface area (TPSA) is 75.1 Å². The fourth-order valence-electron chi connectivity index (χ4n) is 1.78. The van der Waals surface area contributed by atoms with E-state index in [0.717, 1.165) is 9.04 Å². The third kappa shape index (κ3) is 2.86. The predicted octanol–water partition coefficient (Wildman–Crippen LogP) is 2.42. The van der Waals surface area contributed by atoms with Gasteiger partial charge in [0.15, 0.2) is 0 Å². The van der Waals surface area contributed by atoms with Gasteiger partial charge in [-0.1, -0.05) is 46.2 Å². The summed E-state index contributed by atoms with van der Waals surface area (Å²) in [5, 5.41) is 10.3. The van der Waals surface area contributed by atoms with Crippen LogP contribution < -0.4 is 11.2 Å². The number of rotatable bonds is 3. The Morgan fingerprint density at radius 1 is 1.45 bits per heavy atom. The van der Waals surface area contributed by atoms with Crippen LogP contribution in [0.2, 0.25) is 0 Å². The van der Waals surface area contributed by atoms with Crippen molar-refractivity contribution in [1.82, 2.24) is 9.55 Å². The second-order valence-electron chi connectivity index (χ2n) is 4.07. The molecular formula is C13H10BrClN2O3. The molecule has 0 saturated heterocycles. The first kappa shape index (κ1) is 14.6. The minimum atomic E-state index is -0.743. The van der Waals surface area contributed by atoms with Gasteiger partial charge in [0.2, 0.25) is 5.88 Å². The number of nitrogens with zero attached hydrogens (tertiary/aromatic N) is 1. The van der Waals surface area contributed by atoms with Gasteiger partial charge in [0.1, 0.15) is 5.56 Å². The highest BCUT2D eigenvalue weighted by Gasteiger charge is 2.16. The molecule has 0 radical (unpaired) electrons. The molecule has 20 heavy (non-hydrogen) atoms. The van der Waals surface area contributed by atoms with Gasteiger partial charge in [-0.05, 0) is 17.7 Å². The molecule has 1 heterocycles. The summed E-state index contributed by atoms with van der Waals surface area (Å²) in [4.78, 5) is 25.7. The number of aromatic amines is 1. The number of hydrogen-bond donors (Lipinski definition) is 2. The third-order valence-electron chi connectivity index (χ3n) is 2.61. The van der Waals surface area contributed by atoms with E-state index in [0.29, 0.717) is 5.56 Å². The first-order valence-corrected chi connectivity index (χ1v) is 6.72. The normalized spacial score (nSPS) is 10.5. The van der Waals surface area contributed by atoms with Crippen LogP contribution in [0.4, 0.5) is 0 Å². The molecular weight excluding hydrogens is 348 g/mol. The molecule has 104 valence electrons. The second kappa shape index (κ2) is 5.68. The lowest BCUT2D eigenvalue weighted by atomic mass is 10.1. The summed E-state index contributed by atoms with van der Waals surface area (Å²) in [7, 11) is 0. The molecule has 1 aromatic carbocycles. The van der Waals surface area contributed by atoms with E-state index in [-0.39, 0.29) is 17.1 Å². The highest BCUT2D eigenvalue weighted by Crippen LogP contribution is 2.26. The van der Waals surface area contributed by atoms with Gasteiger partial charge in [-0.2, -0.15) is 0 Å². The van der Waals surface area contributed by atoms with Crippen LogP contribution in [-0.4, -0.2) is 14.7 Å². The van der Waals surface area contributed by atoms with E-state index in [1.54, 1.807) is 24.3 Å². The maximum atomic E-state index is 11.9. The Morgan fingerprint density at radius 3 is 2.75 bits per heavy atom. The van der Waals surface area contributed by atoms with E-state index in [1.807, 2.05) is 0 Å². The zero-order valence-corrected chi connectivity index (χ0v) is 12.5. The van der Waals surface area contributed by atoms with Crippen molar-refractivity contribution in [2.45, 2.75) is 6.54 Å². The van der Waals surface area contributed by atoms with Crippen molar-refractivity contribution in [3.8, 4) is 17.0 Å². The molecule has 0 aliphatic rings. The van der Waals surface area contributed by atoms with E-state index >= 15 is 0 Å². The molecule has 2 N–H and O–H groups in total. The maximum Gasteiger partial charge on any atom is 0.331 e. The number of nitrogens with one attached hydrogen (secondary N) is 1. The van der Waals surface area contributed by atoms with Crippen molar-refractivity contribution in [2.75, 3.05) is 0 Å². The summed E-state index contributed by atoms with van der Waals surface area (Å²) >= 11 is 8.94. The van der Waals surface area contributed by atoms with Crippen LogP contribution >= 0.6 is 27.5 Å². The van der Waals surface area contributed by atoms with Crippen molar-refractivity contribution in [1.29, 1.82) is 0 Å². The molecule has 0 spiro atoms. The van der Waals surface area contributed by atoms with Crippen LogP contribution in [-0.2, 0) is 6.54 Å². The van der Waals surface area contributed by atoms with E-state index in [9.17, 15) is 14.7 Å². The van der Waals surface area contributed by atoms with Gasteiger partial charge in [-0.3, -0.25) is 14.3 Å². The number of H-pyrrole nitrogens is 1. The summed E-state index contributed by atoms with van der Waals surface area (Å²) in [6.07, 6.45) is 0. The predicted molar refractivity (Wildman–Crippen MR) is 81.1 cm³/mol. The van der Waals surface area contributed by atoms with Crippen molar-refractivity contribution in [2.24, 2.45) is 0 Å². The van der Waals surface area contributed by atoms with E-state index in [1.165, 1.54) is 0 Å². The molecule has 1 aromatic heterocycles. The van der Waals surface area contributed by atoms with Crippen molar-refractivity contribution in [3.05, 3.63) is 61.2 Å². The SMILES string of the molecule is C=C(Cl)Cn1c(O)c(-c2cccc(Br)c2)c(=O)[nH]c1=O. The van der Waals surface area contributed by atoms with Gasteiger partial charge in [0.25, 0.3) is 5.56 Å². The molecule has 2 rings (SSSR count). The minimum absolute atomic E-state index is 0.00353. The van der Waals surface area contributed by atoms with E-state index in [2.05, 4.69) is 27.5 Å². The number of halogens is 2. The molecule has 2 aromatic rings. The molecule has 0 bridgehead atoms. The van der Waals surface area contributed by atoms with Crippen LogP contribution in [0.3, 0.4) is 0 Å². The number of allylic oxidation sites excluding steroid dienone is 1. The first-order valence-electron chi connectivity index (χ1n) is 5.55. The monoisotopic (exact) mass is 356 g/mol. The maximum absolute atomic E-state index is 11.9. The lowest BCUT2D eigenvalue weighted by molar-refractivity contribution is 0.412. The lowest BCUT2D eigenvalue weighted by Crippen LogP contribution is -2.31. The van der Waals surface area contributed by atoms with Crippen LogP contribution in [0.25, 0.3) is 11.1 Å². The van der Waals surface area contributed by atoms with E-state index in [4.69, 9.17) is 11.6 Å². The summed E-state index contributed by atoms with van der Waals surface area (Å²) in [5.41, 5.74) is -0.925. The van der Waals surface area contributed by atoms with Crippen molar-refractivity contribution >= 4 is 27.5 Å². The van der Waals surface area contributed by atoms with Gasteiger partial charge >= 0.3 is 5.69 Å². The minimum Gasteiger partial charge on any atom is -0.494 e. The molecule has 7 heteroatoms. The zero-order valence-electron chi connectivity index (χ0n) is 10.2. The van der Waals surface area contributed by atoms with Gasteiger partial charge in [-0.25, -0.2) is 4.79 Å². The molecule has 0 aliphatic heterocycles. The average Bonchev–Trinajstić information content (AvgIpc) is 2.34. The van der Waals surface area contributed by atoms with Gasteiger partial charge in [0.05, 0.1) is 6.54 Å². The molecule has 5 nitrogen and oxygen atoms in total. The average molecular weight is 358 g/mol. The smallest absolute Gasteiger partial charge is 0.331 e. The summed E-state index contributed by atoms with van der Waals surface area (Å²) < 4.78 is 1.70. The summed E-state index contributed by atoms with van der Waals surface area (Å²) in [6, 6.07) is 6.81. The molecule has 0 aliphatic carbocycles. The van der Waals surface area contributed by atoms with E-state index < -0.39 is 17.1 Å². The van der Waals surface area contributed by atoms with Crippen LogP contribution in [0.5, 0.6) is 5.88 Å². The Hall–Kier alpha value is -1.79. The van der Waals surface area contributed by atoms with Crippen LogP contribution in [0, 0.1) is 0 Å². The second-order valence-corrected chi connectivity index (χ2v) is 5.52. The Kier molecular flexibility index (Phi) is 4.15. The highest BCUT2D eigenvalue weighted by molar-refractivity contribution is 9.10. The Morgan fingerprint density at radius 2 is 2.15 bits per heavy atom. The molecule has 0 saturated carbocycles. The van der Waals surface area contributed by atoms with Gasteiger partial charge in [0, 0.05) is 9.51 Å². The number of aromatic nitrogens is 2. The number of aromatic hydroxyl groups is 1. The lowest BCUT2D eigenvalue weighted by Gasteiger charge is -2.10. The van der Waals surface area contributed by atoms with Gasteiger partial charge in [-0.15, -0.1) is 0 Å². The van der Waals surface area contributed by atoms with Gasteiger partial charge < -0.3 is 5.11 Å². The Balaban J connectivity index is 2.74.